The monoisotopic (exact) mass is 461 g/mol. The summed E-state index contributed by atoms with van der Waals surface area (Å²) >= 11 is 8.79. The van der Waals surface area contributed by atoms with Crippen molar-refractivity contribution in [3.05, 3.63) is 67.2 Å². The molecule has 1 aliphatic carbocycles. The highest BCUT2D eigenvalue weighted by Gasteiger charge is 2.27. The highest BCUT2D eigenvalue weighted by molar-refractivity contribution is 7.17. The van der Waals surface area contributed by atoms with Crippen molar-refractivity contribution < 1.29 is 19.1 Å². The molecule has 8 heteroatoms. The zero-order valence-electron chi connectivity index (χ0n) is 16.3. The van der Waals surface area contributed by atoms with Crippen molar-refractivity contribution in [2.45, 2.75) is 32.3 Å². The lowest BCUT2D eigenvalue weighted by Gasteiger charge is -2.11. The van der Waals surface area contributed by atoms with Gasteiger partial charge in [0.1, 0.15) is 17.4 Å². The fraction of sp³-hybridized carbons (Fsp3) is 0.273. The average molecular weight is 462 g/mol. The van der Waals surface area contributed by atoms with Gasteiger partial charge in [0.15, 0.2) is 0 Å². The first-order valence-corrected chi connectivity index (χ1v) is 11.6. The molecule has 1 amide bonds. The minimum Gasteiger partial charge on any atom is -0.489 e. The Morgan fingerprint density at radius 3 is 2.83 bits per heavy atom. The second-order valence-electron chi connectivity index (χ2n) is 6.93. The van der Waals surface area contributed by atoms with Crippen molar-refractivity contribution in [1.82, 2.24) is 0 Å². The lowest BCUT2D eigenvalue weighted by molar-refractivity contribution is 0.0601. The molecule has 0 radical (unpaired) electrons. The largest absolute Gasteiger partial charge is 0.489 e. The van der Waals surface area contributed by atoms with Gasteiger partial charge in [-0.25, -0.2) is 4.79 Å². The molecule has 0 bridgehead atoms. The number of amides is 1. The Morgan fingerprint density at radius 1 is 1.20 bits per heavy atom. The molecule has 0 spiro atoms. The molecule has 156 valence electrons. The Hall–Kier alpha value is -2.35. The minimum absolute atomic E-state index is 0.238. The molecule has 0 aliphatic heterocycles. The van der Waals surface area contributed by atoms with Crippen molar-refractivity contribution in [3.63, 3.8) is 0 Å². The van der Waals surface area contributed by atoms with Crippen LogP contribution in [0.25, 0.3) is 0 Å². The summed E-state index contributed by atoms with van der Waals surface area (Å²) in [6, 6.07) is 8.99. The van der Waals surface area contributed by atoms with Gasteiger partial charge in [-0.2, -0.15) is 0 Å². The molecule has 5 nitrogen and oxygen atoms in total. The highest BCUT2D eigenvalue weighted by Crippen LogP contribution is 2.39. The number of methoxy groups -OCH3 is 1. The summed E-state index contributed by atoms with van der Waals surface area (Å²) in [5.74, 6) is 0.0378. The van der Waals surface area contributed by atoms with Crippen LogP contribution in [0.4, 0.5) is 5.00 Å². The van der Waals surface area contributed by atoms with Crippen LogP contribution < -0.4 is 10.1 Å². The van der Waals surface area contributed by atoms with E-state index in [0.29, 0.717) is 32.8 Å². The SMILES string of the molecule is COC(=O)c1c(NC(=O)c2cc(COc3cccc(Cl)c3)cs2)sc2c1CCCC2. The van der Waals surface area contributed by atoms with E-state index in [0.717, 1.165) is 36.8 Å². The van der Waals surface area contributed by atoms with Crippen LogP contribution >= 0.6 is 34.3 Å². The van der Waals surface area contributed by atoms with Gasteiger partial charge in [0, 0.05) is 15.5 Å². The number of esters is 1. The molecule has 4 rings (SSSR count). The second kappa shape index (κ2) is 9.20. The molecular formula is C22H20ClNO4S2. The van der Waals surface area contributed by atoms with Gasteiger partial charge in [0.05, 0.1) is 17.6 Å². The Kier molecular flexibility index (Phi) is 6.41. The van der Waals surface area contributed by atoms with Crippen molar-refractivity contribution in [2.24, 2.45) is 0 Å². The van der Waals surface area contributed by atoms with Crippen molar-refractivity contribution >= 4 is 51.2 Å². The first kappa shape index (κ1) is 20.9. The zero-order valence-corrected chi connectivity index (χ0v) is 18.7. The van der Waals surface area contributed by atoms with E-state index in [9.17, 15) is 9.59 Å². The predicted molar refractivity (Wildman–Crippen MR) is 120 cm³/mol. The zero-order chi connectivity index (χ0) is 21.1. The number of carbonyl (C=O) groups excluding carboxylic acids is 2. The standard InChI is InChI=1S/C22H20ClNO4S2/c1-27-22(26)19-16-7-2-3-8-17(16)30-21(19)24-20(25)18-9-13(12-29-18)11-28-15-6-4-5-14(23)10-15/h4-6,9-10,12H,2-3,7-8,11H2,1H3,(H,24,25). The van der Waals surface area contributed by atoms with E-state index in [4.69, 9.17) is 21.1 Å². The maximum Gasteiger partial charge on any atom is 0.341 e. The summed E-state index contributed by atoms with van der Waals surface area (Å²) in [5.41, 5.74) is 2.42. The van der Waals surface area contributed by atoms with Gasteiger partial charge in [0.2, 0.25) is 0 Å². The third-order valence-electron chi connectivity index (χ3n) is 4.87. The van der Waals surface area contributed by atoms with Crippen LogP contribution in [0.15, 0.2) is 35.7 Å². The van der Waals surface area contributed by atoms with E-state index in [2.05, 4.69) is 5.32 Å². The van der Waals surface area contributed by atoms with E-state index in [1.807, 2.05) is 17.5 Å². The quantitative estimate of drug-likeness (QED) is 0.460. The predicted octanol–water partition coefficient (Wildman–Crippen LogP) is 5.96. The number of fused-ring (bicyclic) bond motifs is 1. The molecule has 0 saturated heterocycles. The van der Waals surface area contributed by atoms with E-state index in [-0.39, 0.29) is 5.91 Å². The molecule has 30 heavy (non-hydrogen) atoms. The number of hydrogen-bond donors (Lipinski definition) is 1. The molecule has 0 saturated carbocycles. The maximum absolute atomic E-state index is 12.8. The maximum atomic E-state index is 12.8. The highest BCUT2D eigenvalue weighted by atomic mass is 35.5. The Morgan fingerprint density at radius 2 is 2.03 bits per heavy atom. The number of carbonyl (C=O) groups is 2. The number of ether oxygens (including phenoxy) is 2. The fourth-order valence-corrected chi connectivity index (χ4v) is 5.68. The van der Waals surface area contributed by atoms with Crippen LogP contribution in [0.3, 0.4) is 0 Å². The molecule has 1 aromatic carbocycles. The van der Waals surface area contributed by atoms with Crippen LogP contribution in [0.2, 0.25) is 5.02 Å². The number of aryl methyl sites for hydroxylation is 1. The van der Waals surface area contributed by atoms with Crippen LogP contribution in [0.1, 0.15) is 48.9 Å². The number of halogens is 1. The molecule has 1 aliphatic rings. The normalized spacial score (nSPS) is 12.9. The molecule has 3 aromatic rings. The lowest BCUT2D eigenvalue weighted by atomic mass is 9.95. The van der Waals surface area contributed by atoms with Crippen molar-refractivity contribution in [2.75, 3.05) is 12.4 Å². The molecule has 0 atom stereocenters. The Labute approximate surface area is 187 Å². The van der Waals surface area contributed by atoms with Gasteiger partial charge >= 0.3 is 5.97 Å². The molecule has 0 unspecified atom stereocenters. The van der Waals surface area contributed by atoms with Crippen LogP contribution in [0.5, 0.6) is 5.75 Å². The average Bonchev–Trinajstić information content (AvgIpc) is 3.36. The van der Waals surface area contributed by atoms with E-state index in [1.54, 1.807) is 18.2 Å². The number of nitrogens with one attached hydrogen (secondary N) is 1. The molecule has 2 aromatic heterocycles. The topological polar surface area (TPSA) is 64.6 Å². The number of rotatable bonds is 6. The molecule has 1 N–H and O–H groups in total. The van der Waals surface area contributed by atoms with E-state index in [1.165, 1.54) is 34.7 Å². The fourth-order valence-electron chi connectivity index (χ4n) is 3.43. The Bertz CT molecular complexity index is 1090. The van der Waals surface area contributed by atoms with Crippen molar-refractivity contribution in [3.8, 4) is 5.75 Å². The van der Waals surface area contributed by atoms with E-state index < -0.39 is 5.97 Å². The first-order valence-electron chi connectivity index (χ1n) is 9.55. The third kappa shape index (κ3) is 4.53. The number of thiophene rings is 2. The summed E-state index contributed by atoms with van der Waals surface area (Å²) in [5, 5.41) is 6.00. The number of benzene rings is 1. The summed E-state index contributed by atoms with van der Waals surface area (Å²) in [4.78, 5) is 26.9. The third-order valence-corrected chi connectivity index (χ3v) is 7.29. The minimum atomic E-state index is -0.397. The van der Waals surface area contributed by atoms with Gasteiger partial charge in [-0.15, -0.1) is 22.7 Å². The van der Waals surface area contributed by atoms with Gasteiger partial charge in [-0.3, -0.25) is 4.79 Å². The second-order valence-corrected chi connectivity index (χ2v) is 9.38. The Balaban J connectivity index is 1.47. The van der Waals surface area contributed by atoms with Gasteiger partial charge in [0.25, 0.3) is 5.91 Å². The van der Waals surface area contributed by atoms with E-state index >= 15 is 0 Å². The summed E-state index contributed by atoms with van der Waals surface area (Å²) in [7, 11) is 1.37. The van der Waals surface area contributed by atoms with Crippen LogP contribution in [-0.4, -0.2) is 19.0 Å². The lowest BCUT2D eigenvalue weighted by Crippen LogP contribution is -2.14. The molecule has 0 fully saturated rings. The summed E-state index contributed by atoms with van der Waals surface area (Å²) in [6.45, 7) is 0.338. The summed E-state index contributed by atoms with van der Waals surface area (Å²) < 4.78 is 10.7. The smallest absolute Gasteiger partial charge is 0.341 e. The van der Waals surface area contributed by atoms with Gasteiger partial charge < -0.3 is 14.8 Å². The molecule has 2 heterocycles. The van der Waals surface area contributed by atoms with Crippen LogP contribution in [0, 0.1) is 0 Å². The first-order chi connectivity index (χ1) is 14.5. The number of hydrogen-bond acceptors (Lipinski definition) is 6. The summed E-state index contributed by atoms with van der Waals surface area (Å²) in [6.07, 6.45) is 3.92. The van der Waals surface area contributed by atoms with Gasteiger partial charge in [-0.05, 0) is 60.9 Å². The van der Waals surface area contributed by atoms with Crippen molar-refractivity contribution in [1.29, 1.82) is 0 Å². The number of anilines is 1. The molecular weight excluding hydrogens is 442 g/mol. The van der Waals surface area contributed by atoms with Gasteiger partial charge in [-0.1, -0.05) is 17.7 Å². The van der Waals surface area contributed by atoms with Crippen LogP contribution in [-0.2, 0) is 24.2 Å².